The highest BCUT2D eigenvalue weighted by atomic mass is 19.1. The number of aromatic nitrogens is 3. The van der Waals surface area contributed by atoms with Crippen molar-refractivity contribution >= 4 is 17.4 Å². The summed E-state index contributed by atoms with van der Waals surface area (Å²) in [6.45, 7) is 4.20. The number of aryl methyl sites for hydroxylation is 2. The van der Waals surface area contributed by atoms with Crippen molar-refractivity contribution in [1.82, 2.24) is 15.0 Å². The topological polar surface area (TPSA) is 85.8 Å². The van der Waals surface area contributed by atoms with Gasteiger partial charge >= 0.3 is 0 Å². The molecule has 2 aromatic carbocycles. The molecule has 0 aliphatic rings. The molecule has 6 nitrogen and oxygen atoms in total. The maximum Gasteiger partial charge on any atom is 0.280 e. The Morgan fingerprint density at radius 2 is 1.92 bits per heavy atom. The number of halogens is 1. The lowest BCUT2D eigenvalue weighted by Gasteiger charge is -2.08. The van der Waals surface area contributed by atoms with Gasteiger partial charge in [0.05, 0.1) is 6.54 Å². The van der Waals surface area contributed by atoms with Gasteiger partial charge in [0.1, 0.15) is 5.82 Å². The molecule has 0 fully saturated rings. The van der Waals surface area contributed by atoms with E-state index < -0.39 is 5.91 Å². The first kappa shape index (κ1) is 16.6. The van der Waals surface area contributed by atoms with Crippen molar-refractivity contribution in [3.63, 3.8) is 0 Å². The minimum absolute atomic E-state index is 0.0575. The average molecular weight is 339 g/mol. The quantitative estimate of drug-likeness (QED) is 0.765. The van der Waals surface area contributed by atoms with Gasteiger partial charge in [-0.15, -0.1) is 5.10 Å². The van der Waals surface area contributed by atoms with Crippen molar-refractivity contribution < 1.29 is 9.18 Å². The van der Waals surface area contributed by atoms with Crippen molar-refractivity contribution in [2.75, 3.05) is 11.1 Å². The smallest absolute Gasteiger partial charge is 0.280 e. The molecule has 25 heavy (non-hydrogen) atoms. The maximum atomic E-state index is 13.0. The van der Waals surface area contributed by atoms with Gasteiger partial charge in [-0.1, -0.05) is 35.0 Å². The Kier molecular flexibility index (Phi) is 4.47. The minimum Gasteiger partial charge on any atom is -0.382 e. The van der Waals surface area contributed by atoms with Crippen LogP contribution in [0.2, 0.25) is 0 Å². The third-order valence-corrected chi connectivity index (χ3v) is 3.86. The molecule has 0 bridgehead atoms. The van der Waals surface area contributed by atoms with Crippen LogP contribution in [-0.2, 0) is 6.54 Å². The van der Waals surface area contributed by atoms with Crippen LogP contribution in [0.1, 0.15) is 27.2 Å². The fourth-order valence-corrected chi connectivity index (χ4v) is 2.50. The Labute approximate surface area is 144 Å². The van der Waals surface area contributed by atoms with Crippen molar-refractivity contribution in [2.24, 2.45) is 0 Å². The molecule has 0 saturated heterocycles. The fourth-order valence-electron chi connectivity index (χ4n) is 2.50. The van der Waals surface area contributed by atoms with Gasteiger partial charge in [0, 0.05) is 5.69 Å². The van der Waals surface area contributed by atoms with E-state index in [2.05, 4.69) is 15.6 Å². The van der Waals surface area contributed by atoms with Gasteiger partial charge in [-0.25, -0.2) is 9.07 Å². The number of nitrogen functional groups attached to an aromatic ring is 1. The zero-order valence-electron chi connectivity index (χ0n) is 14.0. The Balaban J connectivity index is 1.77. The van der Waals surface area contributed by atoms with Crippen molar-refractivity contribution in [3.05, 3.63) is 70.7 Å². The summed E-state index contributed by atoms with van der Waals surface area (Å²) >= 11 is 0. The lowest BCUT2D eigenvalue weighted by molar-refractivity contribution is 0.102. The maximum absolute atomic E-state index is 13.0. The molecule has 0 atom stereocenters. The number of carbonyl (C=O) groups is 1. The van der Waals surface area contributed by atoms with Gasteiger partial charge in [-0.3, -0.25) is 4.79 Å². The summed E-state index contributed by atoms with van der Waals surface area (Å²) < 4.78 is 14.4. The van der Waals surface area contributed by atoms with Crippen LogP contribution >= 0.6 is 0 Å². The van der Waals surface area contributed by atoms with Crippen LogP contribution in [0.5, 0.6) is 0 Å². The minimum atomic E-state index is -0.421. The number of amides is 1. The highest BCUT2D eigenvalue weighted by Gasteiger charge is 2.18. The first-order chi connectivity index (χ1) is 11.9. The third-order valence-electron chi connectivity index (χ3n) is 3.86. The van der Waals surface area contributed by atoms with Gasteiger partial charge in [-0.2, -0.15) is 0 Å². The molecule has 0 radical (unpaired) electrons. The highest BCUT2D eigenvalue weighted by Crippen LogP contribution is 2.18. The summed E-state index contributed by atoms with van der Waals surface area (Å²) in [5.41, 5.74) is 9.62. The summed E-state index contributed by atoms with van der Waals surface area (Å²) in [5.74, 6) is -0.578. The molecule has 3 aromatic rings. The Morgan fingerprint density at radius 3 is 2.60 bits per heavy atom. The Hall–Kier alpha value is -3.22. The predicted molar refractivity (Wildman–Crippen MR) is 93.8 cm³/mol. The monoisotopic (exact) mass is 339 g/mol. The van der Waals surface area contributed by atoms with Gasteiger partial charge in [0.15, 0.2) is 11.5 Å². The molecule has 0 aliphatic heterocycles. The number of benzene rings is 2. The standard InChI is InChI=1S/C18H18FN5O/c1-11-3-8-15(12(2)9-11)21-18(25)16-17(20)24(23-22-16)10-13-4-6-14(19)7-5-13/h3-9H,10,20H2,1-2H3,(H,21,25). The molecule has 1 aromatic heterocycles. The first-order valence-corrected chi connectivity index (χ1v) is 7.76. The van der Waals surface area contributed by atoms with E-state index in [1.807, 2.05) is 32.0 Å². The average Bonchev–Trinajstić information content (AvgIpc) is 2.93. The second-order valence-corrected chi connectivity index (χ2v) is 5.88. The molecular formula is C18H18FN5O. The first-order valence-electron chi connectivity index (χ1n) is 7.76. The number of nitrogens with zero attached hydrogens (tertiary/aromatic N) is 3. The largest absolute Gasteiger partial charge is 0.382 e. The highest BCUT2D eigenvalue weighted by molar-refractivity contribution is 6.06. The number of carbonyl (C=O) groups excluding carboxylic acids is 1. The van der Waals surface area contributed by atoms with Gasteiger partial charge in [0.25, 0.3) is 5.91 Å². The van der Waals surface area contributed by atoms with Crippen molar-refractivity contribution in [1.29, 1.82) is 0 Å². The van der Waals surface area contributed by atoms with E-state index in [9.17, 15) is 9.18 Å². The number of hydrogen-bond donors (Lipinski definition) is 2. The molecule has 128 valence electrons. The Bertz CT molecular complexity index is 918. The fraction of sp³-hybridized carbons (Fsp3) is 0.167. The van der Waals surface area contributed by atoms with Crippen LogP contribution < -0.4 is 11.1 Å². The van der Waals surface area contributed by atoms with E-state index in [0.29, 0.717) is 12.2 Å². The number of hydrogen-bond acceptors (Lipinski definition) is 4. The summed E-state index contributed by atoms with van der Waals surface area (Å²) in [6.07, 6.45) is 0. The second kappa shape index (κ2) is 6.72. The zero-order valence-corrected chi connectivity index (χ0v) is 14.0. The number of rotatable bonds is 4. The van der Waals surface area contributed by atoms with Crippen LogP contribution in [0.4, 0.5) is 15.9 Å². The molecule has 0 unspecified atom stereocenters. The summed E-state index contributed by atoms with van der Waals surface area (Å²) in [5, 5.41) is 10.6. The van der Waals surface area contributed by atoms with Crippen molar-refractivity contribution in [2.45, 2.75) is 20.4 Å². The molecule has 0 aliphatic carbocycles. The zero-order chi connectivity index (χ0) is 18.0. The van der Waals surface area contributed by atoms with Crippen LogP contribution in [-0.4, -0.2) is 20.9 Å². The van der Waals surface area contributed by atoms with Gasteiger partial charge < -0.3 is 11.1 Å². The summed E-state index contributed by atoms with van der Waals surface area (Å²) in [7, 11) is 0. The summed E-state index contributed by atoms with van der Waals surface area (Å²) in [6, 6.07) is 11.7. The molecule has 1 heterocycles. The molecular weight excluding hydrogens is 321 g/mol. The normalized spacial score (nSPS) is 10.7. The van der Waals surface area contributed by atoms with E-state index in [4.69, 9.17) is 5.73 Å². The number of nitrogens with one attached hydrogen (secondary N) is 1. The third kappa shape index (κ3) is 3.65. The lowest BCUT2D eigenvalue weighted by Crippen LogP contribution is -2.16. The van der Waals surface area contributed by atoms with E-state index >= 15 is 0 Å². The van der Waals surface area contributed by atoms with Gasteiger partial charge in [0.2, 0.25) is 0 Å². The van der Waals surface area contributed by atoms with Crippen LogP contribution in [0, 0.1) is 19.7 Å². The van der Waals surface area contributed by atoms with Gasteiger partial charge in [-0.05, 0) is 43.2 Å². The number of nitrogens with two attached hydrogens (primary N) is 1. The van der Waals surface area contributed by atoms with Crippen LogP contribution in [0.25, 0.3) is 0 Å². The molecule has 3 N–H and O–H groups in total. The summed E-state index contributed by atoms with van der Waals surface area (Å²) in [4.78, 5) is 12.4. The van der Waals surface area contributed by atoms with Crippen molar-refractivity contribution in [3.8, 4) is 0 Å². The van der Waals surface area contributed by atoms with Crippen LogP contribution in [0.15, 0.2) is 42.5 Å². The molecule has 1 amide bonds. The van der Waals surface area contributed by atoms with E-state index in [0.717, 1.165) is 16.7 Å². The molecule has 0 spiro atoms. The predicted octanol–water partition coefficient (Wildman–Crippen LogP) is 2.92. The van der Waals surface area contributed by atoms with E-state index in [1.54, 1.807) is 12.1 Å². The van der Waals surface area contributed by atoms with Crippen LogP contribution in [0.3, 0.4) is 0 Å². The Morgan fingerprint density at radius 1 is 1.20 bits per heavy atom. The molecule has 7 heteroatoms. The molecule has 3 rings (SSSR count). The SMILES string of the molecule is Cc1ccc(NC(=O)c2nnn(Cc3ccc(F)cc3)c2N)c(C)c1. The van der Waals surface area contributed by atoms with E-state index in [1.165, 1.54) is 16.8 Å². The van der Waals surface area contributed by atoms with E-state index in [-0.39, 0.29) is 17.3 Å². The lowest BCUT2D eigenvalue weighted by atomic mass is 10.1. The number of anilines is 2. The second-order valence-electron chi connectivity index (χ2n) is 5.88. The molecule has 0 saturated carbocycles.